The highest BCUT2D eigenvalue weighted by molar-refractivity contribution is 5.82. The smallest absolute Gasteiger partial charge is 0.223 e. The second-order valence-corrected chi connectivity index (χ2v) is 6.54. The predicted molar refractivity (Wildman–Crippen MR) is 85.8 cm³/mol. The lowest BCUT2D eigenvalue weighted by Gasteiger charge is -2.23. The summed E-state index contributed by atoms with van der Waals surface area (Å²) in [7, 11) is 0. The van der Waals surface area contributed by atoms with Crippen LogP contribution < -0.4 is 10.6 Å². The summed E-state index contributed by atoms with van der Waals surface area (Å²) in [6.07, 6.45) is 10.4. The molecule has 1 atom stereocenters. The Morgan fingerprint density at radius 1 is 1.39 bits per heavy atom. The fourth-order valence-electron chi connectivity index (χ4n) is 3.69. The van der Waals surface area contributed by atoms with Gasteiger partial charge in [-0.3, -0.25) is 9.36 Å². The number of hydrogen-bond donors (Lipinski definition) is 2. The molecule has 2 N–H and O–H groups in total. The standard InChI is InChI=1S/C17H21N5O/c23-16(14-10-17(14)3-6-18-7-4-17)21-11-13-2-1-5-20-15(13)22-9-8-19-12-22/h1-2,5,8-9,12,14,18H,3-4,6-7,10-11H2,(H,21,23). The van der Waals surface area contributed by atoms with Crippen LogP contribution in [0.5, 0.6) is 0 Å². The second-order valence-electron chi connectivity index (χ2n) is 6.54. The molecule has 0 bridgehead atoms. The fraction of sp³-hybridized carbons (Fsp3) is 0.471. The maximum atomic E-state index is 12.5. The molecular formula is C17H21N5O. The molecule has 6 heteroatoms. The van der Waals surface area contributed by atoms with Crippen molar-refractivity contribution in [3.63, 3.8) is 0 Å². The summed E-state index contributed by atoms with van der Waals surface area (Å²) in [6, 6.07) is 3.89. The molecule has 1 spiro atoms. The lowest BCUT2D eigenvalue weighted by atomic mass is 9.92. The van der Waals surface area contributed by atoms with Gasteiger partial charge >= 0.3 is 0 Å². The molecule has 23 heavy (non-hydrogen) atoms. The third kappa shape index (κ3) is 2.74. The first-order valence-electron chi connectivity index (χ1n) is 8.19. The quantitative estimate of drug-likeness (QED) is 0.892. The number of carbonyl (C=O) groups is 1. The molecule has 1 aliphatic heterocycles. The molecule has 1 amide bonds. The van der Waals surface area contributed by atoms with Gasteiger partial charge in [0, 0.05) is 36.6 Å². The van der Waals surface area contributed by atoms with E-state index in [0.29, 0.717) is 6.54 Å². The molecule has 2 aliphatic rings. The van der Waals surface area contributed by atoms with E-state index in [1.165, 1.54) is 0 Å². The maximum Gasteiger partial charge on any atom is 0.223 e. The molecule has 0 aromatic carbocycles. The molecule has 2 aromatic rings. The summed E-state index contributed by atoms with van der Waals surface area (Å²) >= 11 is 0. The first-order valence-corrected chi connectivity index (χ1v) is 8.19. The van der Waals surface area contributed by atoms with Crippen molar-refractivity contribution in [2.45, 2.75) is 25.8 Å². The normalized spacial score (nSPS) is 22.0. The molecule has 4 rings (SSSR count). The van der Waals surface area contributed by atoms with Crippen LogP contribution >= 0.6 is 0 Å². The van der Waals surface area contributed by atoms with E-state index in [2.05, 4.69) is 20.6 Å². The zero-order valence-electron chi connectivity index (χ0n) is 13.0. The molecule has 1 saturated carbocycles. The summed E-state index contributed by atoms with van der Waals surface area (Å²) in [6.45, 7) is 2.58. The van der Waals surface area contributed by atoms with E-state index in [9.17, 15) is 4.79 Å². The third-order valence-corrected chi connectivity index (χ3v) is 5.18. The summed E-state index contributed by atoms with van der Waals surface area (Å²) in [5.74, 6) is 1.20. The molecule has 120 valence electrons. The number of piperidine rings is 1. The summed E-state index contributed by atoms with van der Waals surface area (Å²) in [4.78, 5) is 20.9. The Bertz CT molecular complexity index is 691. The number of nitrogens with zero attached hydrogens (tertiary/aromatic N) is 3. The number of nitrogens with one attached hydrogen (secondary N) is 2. The first kappa shape index (κ1) is 14.4. The Hall–Kier alpha value is -2.21. The van der Waals surface area contributed by atoms with Gasteiger partial charge in [-0.1, -0.05) is 6.07 Å². The molecule has 1 unspecified atom stereocenters. The highest BCUT2D eigenvalue weighted by atomic mass is 16.2. The van der Waals surface area contributed by atoms with Crippen molar-refractivity contribution < 1.29 is 4.79 Å². The lowest BCUT2D eigenvalue weighted by Crippen LogP contribution is -2.33. The van der Waals surface area contributed by atoms with Gasteiger partial charge in [0.05, 0.1) is 0 Å². The van der Waals surface area contributed by atoms with Crippen molar-refractivity contribution in [3.8, 4) is 5.82 Å². The molecule has 0 radical (unpaired) electrons. The van der Waals surface area contributed by atoms with E-state index in [0.717, 1.165) is 43.7 Å². The van der Waals surface area contributed by atoms with E-state index < -0.39 is 0 Å². The minimum atomic E-state index is 0.187. The van der Waals surface area contributed by atoms with E-state index in [4.69, 9.17) is 0 Å². The molecule has 2 fully saturated rings. The number of amides is 1. The second kappa shape index (κ2) is 5.77. The van der Waals surface area contributed by atoms with Crippen molar-refractivity contribution >= 4 is 5.91 Å². The Balaban J connectivity index is 1.41. The van der Waals surface area contributed by atoms with Crippen LogP contribution in [0.1, 0.15) is 24.8 Å². The Kier molecular flexibility index (Phi) is 3.61. The van der Waals surface area contributed by atoms with Gasteiger partial charge in [0.15, 0.2) is 0 Å². The van der Waals surface area contributed by atoms with Gasteiger partial charge in [-0.2, -0.15) is 0 Å². The minimum Gasteiger partial charge on any atom is -0.352 e. The molecule has 1 saturated heterocycles. The van der Waals surface area contributed by atoms with Crippen molar-refractivity contribution in [2.75, 3.05) is 13.1 Å². The Labute approximate surface area is 135 Å². The molecule has 2 aromatic heterocycles. The molecular weight excluding hydrogens is 290 g/mol. The Morgan fingerprint density at radius 2 is 2.26 bits per heavy atom. The number of rotatable bonds is 4. The fourth-order valence-corrected chi connectivity index (χ4v) is 3.69. The zero-order chi connectivity index (χ0) is 15.7. The van der Waals surface area contributed by atoms with Crippen molar-refractivity contribution in [1.82, 2.24) is 25.2 Å². The van der Waals surface area contributed by atoms with Gasteiger partial charge in [0.2, 0.25) is 5.91 Å². The van der Waals surface area contributed by atoms with Crippen LogP contribution in [0.2, 0.25) is 0 Å². The number of hydrogen-bond acceptors (Lipinski definition) is 4. The molecule has 1 aliphatic carbocycles. The largest absolute Gasteiger partial charge is 0.352 e. The minimum absolute atomic E-state index is 0.187. The van der Waals surface area contributed by atoms with Gasteiger partial charge in [-0.05, 0) is 43.8 Å². The Morgan fingerprint density at radius 3 is 3.04 bits per heavy atom. The average Bonchev–Trinajstić information content (AvgIpc) is 3.03. The number of imidazole rings is 1. The average molecular weight is 311 g/mol. The van der Waals surface area contributed by atoms with Gasteiger partial charge < -0.3 is 10.6 Å². The highest BCUT2D eigenvalue weighted by Crippen LogP contribution is 2.58. The van der Waals surface area contributed by atoms with Crippen molar-refractivity contribution in [1.29, 1.82) is 0 Å². The van der Waals surface area contributed by atoms with Gasteiger partial charge in [0.25, 0.3) is 0 Å². The SMILES string of the molecule is O=C(NCc1cccnc1-n1ccnc1)C1CC12CCNCC2. The van der Waals surface area contributed by atoms with Crippen LogP contribution in [0.25, 0.3) is 5.82 Å². The van der Waals surface area contributed by atoms with E-state index in [1.807, 2.05) is 22.9 Å². The van der Waals surface area contributed by atoms with Crippen LogP contribution in [0.15, 0.2) is 37.1 Å². The summed E-state index contributed by atoms with van der Waals surface area (Å²) in [5, 5.41) is 6.47. The van der Waals surface area contributed by atoms with Gasteiger partial charge in [-0.15, -0.1) is 0 Å². The maximum absolute atomic E-state index is 12.5. The first-order chi connectivity index (χ1) is 11.3. The third-order valence-electron chi connectivity index (χ3n) is 5.18. The number of pyridine rings is 1. The van der Waals surface area contributed by atoms with Crippen LogP contribution in [-0.4, -0.2) is 33.5 Å². The molecule has 6 nitrogen and oxygen atoms in total. The number of carbonyl (C=O) groups excluding carboxylic acids is 1. The van der Waals surface area contributed by atoms with E-state index >= 15 is 0 Å². The van der Waals surface area contributed by atoms with Crippen molar-refractivity contribution in [2.24, 2.45) is 11.3 Å². The number of aromatic nitrogens is 3. The predicted octanol–water partition coefficient (Wildman–Crippen LogP) is 1.27. The van der Waals surface area contributed by atoms with Crippen molar-refractivity contribution in [3.05, 3.63) is 42.6 Å². The molecule has 3 heterocycles. The zero-order valence-corrected chi connectivity index (χ0v) is 13.0. The van der Waals surface area contributed by atoms with Crippen LogP contribution in [0.4, 0.5) is 0 Å². The van der Waals surface area contributed by atoms with Crippen LogP contribution in [0.3, 0.4) is 0 Å². The van der Waals surface area contributed by atoms with Gasteiger partial charge in [0.1, 0.15) is 12.1 Å². The van der Waals surface area contributed by atoms with E-state index in [-0.39, 0.29) is 17.2 Å². The highest BCUT2D eigenvalue weighted by Gasteiger charge is 2.57. The summed E-state index contributed by atoms with van der Waals surface area (Å²) < 4.78 is 1.87. The van der Waals surface area contributed by atoms with E-state index in [1.54, 1.807) is 18.7 Å². The monoisotopic (exact) mass is 311 g/mol. The van der Waals surface area contributed by atoms with Gasteiger partial charge in [-0.25, -0.2) is 9.97 Å². The summed E-state index contributed by atoms with van der Waals surface area (Å²) in [5.41, 5.74) is 1.27. The lowest BCUT2D eigenvalue weighted by molar-refractivity contribution is -0.123. The van der Waals surface area contributed by atoms with Crippen LogP contribution in [0, 0.1) is 11.3 Å². The topological polar surface area (TPSA) is 71.8 Å². The van der Waals surface area contributed by atoms with Crippen LogP contribution in [-0.2, 0) is 11.3 Å².